The molecule has 1 atom stereocenters. The SMILES string of the molecule is Brc1cccc(-c2ncc(C3CCNC3)[nH]2)c1. The highest BCUT2D eigenvalue weighted by Gasteiger charge is 2.18. The lowest BCUT2D eigenvalue weighted by Crippen LogP contribution is -2.08. The van der Waals surface area contributed by atoms with Crippen LogP contribution in [0.25, 0.3) is 11.4 Å². The smallest absolute Gasteiger partial charge is 0.137 e. The first-order valence-electron chi connectivity index (χ1n) is 5.84. The minimum Gasteiger partial charge on any atom is -0.342 e. The molecule has 17 heavy (non-hydrogen) atoms. The van der Waals surface area contributed by atoms with E-state index in [-0.39, 0.29) is 0 Å². The predicted molar refractivity (Wildman–Crippen MR) is 72.0 cm³/mol. The highest BCUT2D eigenvalue weighted by Crippen LogP contribution is 2.25. The summed E-state index contributed by atoms with van der Waals surface area (Å²) in [6, 6.07) is 8.20. The standard InChI is InChI=1S/C13H14BrN3/c14-11-3-1-2-9(6-11)13-16-8-12(17-13)10-4-5-15-7-10/h1-3,6,8,10,15H,4-5,7H2,(H,16,17). The zero-order chi connectivity index (χ0) is 11.7. The van der Waals surface area contributed by atoms with Gasteiger partial charge in [0.25, 0.3) is 0 Å². The topological polar surface area (TPSA) is 40.7 Å². The average Bonchev–Trinajstić information content (AvgIpc) is 3.00. The number of hydrogen-bond donors (Lipinski definition) is 2. The zero-order valence-electron chi connectivity index (χ0n) is 9.41. The fourth-order valence-electron chi connectivity index (χ4n) is 2.25. The van der Waals surface area contributed by atoms with E-state index < -0.39 is 0 Å². The first-order chi connectivity index (χ1) is 8.33. The summed E-state index contributed by atoms with van der Waals surface area (Å²) in [6.07, 6.45) is 3.16. The van der Waals surface area contributed by atoms with Crippen molar-refractivity contribution in [2.75, 3.05) is 13.1 Å². The van der Waals surface area contributed by atoms with Gasteiger partial charge in [-0.05, 0) is 25.1 Å². The molecule has 0 aliphatic carbocycles. The van der Waals surface area contributed by atoms with Gasteiger partial charge in [0.15, 0.2) is 0 Å². The van der Waals surface area contributed by atoms with Crippen LogP contribution in [0.2, 0.25) is 0 Å². The number of aromatic nitrogens is 2. The van der Waals surface area contributed by atoms with Crippen molar-refractivity contribution >= 4 is 15.9 Å². The van der Waals surface area contributed by atoms with Crippen molar-refractivity contribution in [3.05, 3.63) is 40.6 Å². The van der Waals surface area contributed by atoms with Crippen LogP contribution in [-0.4, -0.2) is 23.1 Å². The van der Waals surface area contributed by atoms with Crippen LogP contribution in [-0.2, 0) is 0 Å². The van der Waals surface area contributed by atoms with Gasteiger partial charge in [-0.15, -0.1) is 0 Å². The first-order valence-corrected chi connectivity index (χ1v) is 6.64. The molecule has 0 saturated carbocycles. The van der Waals surface area contributed by atoms with E-state index >= 15 is 0 Å². The zero-order valence-corrected chi connectivity index (χ0v) is 11.0. The molecule has 1 aromatic heterocycles. The number of aromatic amines is 1. The summed E-state index contributed by atoms with van der Waals surface area (Å²) >= 11 is 3.48. The molecule has 88 valence electrons. The van der Waals surface area contributed by atoms with E-state index in [9.17, 15) is 0 Å². The Bertz CT molecular complexity index is 515. The molecular formula is C13H14BrN3. The van der Waals surface area contributed by atoms with Gasteiger partial charge in [0.05, 0.1) is 0 Å². The van der Waals surface area contributed by atoms with Crippen molar-refractivity contribution in [3.8, 4) is 11.4 Å². The average molecular weight is 292 g/mol. The summed E-state index contributed by atoms with van der Waals surface area (Å²) in [5.74, 6) is 1.54. The Labute approximate surface area is 109 Å². The third kappa shape index (κ3) is 2.28. The third-order valence-corrected chi connectivity index (χ3v) is 3.69. The third-order valence-electron chi connectivity index (χ3n) is 3.19. The summed E-state index contributed by atoms with van der Waals surface area (Å²) in [5, 5.41) is 3.37. The van der Waals surface area contributed by atoms with Gasteiger partial charge in [0, 0.05) is 34.4 Å². The molecule has 1 saturated heterocycles. The van der Waals surface area contributed by atoms with E-state index in [0.29, 0.717) is 5.92 Å². The van der Waals surface area contributed by atoms with Crippen LogP contribution in [0.3, 0.4) is 0 Å². The Morgan fingerprint density at radius 2 is 2.29 bits per heavy atom. The maximum atomic E-state index is 4.47. The van der Waals surface area contributed by atoms with Crippen LogP contribution in [0.15, 0.2) is 34.9 Å². The number of nitrogens with zero attached hydrogens (tertiary/aromatic N) is 1. The molecule has 4 heteroatoms. The molecule has 1 aromatic carbocycles. The van der Waals surface area contributed by atoms with Crippen LogP contribution in [0.1, 0.15) is 18.0 Å². The Morgan fingerprint density at radius 1 is 1.35 bits per heavy atom. The summed E-state index contributed by atoms with van der Waals surface area (Å²) in [7, 11) is 0. The minimum absolute atomic E-state index is 0.586. The second-order valence-corrected chi connectivity index (χ2v) is 5.30. The number of hydrogen-bond acceptors (Lipinski definition) is 2. The minimum atomic E-state index is 0.586. The highest BCUT2D eigenvalue weighted by atomic mass is 79.9. The number of halogens is 1. The lowest BCUT2D eigenvalue weighted by atomic mass is 10.1. The first kappa shape index (κ1) is 11.0. The molecule has 1 unspecified atom stereocenters. The van der Waals surface area contributed by atoms with E-state index in [1.165, 1.54) is 12.1 Å². The predicted octanol–water partition coefficient (Wildman–Crippen LogP) is 2.92. The molecule has 1 aliphatic rings. The van der Waals surface area contributed by atoms with Crippen molar-refractivity contribution in [3.63, 3.8) is 0 Å². The van der Waals surface area contributed by atoms with Gasteiger partial charge in [-0.1, -0.05) is 28.1 Å². The van der Waals surface area contributed by atoms with Crippen molar-refractivity contribution in [2.45, 2.75) is 12.3 Å². The van der Waals surface area contributed by atoms with Crippen molar-refractivity contribution in [1.29, 1.82) is 0 Å². The van der Waals surface area contributed by atoms with Crippen LogP contribution >= 0.6 is 15.9 Å². The number of benzene rings is 1. The van der Waals surface area contributed by atoms with Crippen molar-refractivity contribution in [1.82, 2.24) is 15.3 Å². The van der Waals surface area contributed by atoms with Gasteiger partial charge < -0.3 is 10.3 Å². The molecule has 0 spiro atoms. The molecule has 1 fully saturated rings. The van der Waals surface area contributed by atoms with E-state index in [1.807, 2.05) is 18.3 Å². The molecule has 1 aliphatic heterocycles. The monoisotopic (exact) mass is 291 g/mol. The van der Waals surface area contributed by atoms with E-state index in [0.717, 1.165) is 29.0 Å². The van der Waals surface area contributed by atoms with Crippen LogP contribution < -0.4 is 5.32 Å². The lowest BCUT2D eigenvalue weighted by molar-refractivity contribution is 0.741. The number of imidazole rings is 1. The van der Waals surface area contributed by atoms with Crippen molar-refractivity contribution < 1.29 is 0 Å². The van der Waals surface area contributed by atoms with E-state index in [2.05, 4.69) is 43.3 Å². The molecule has 0 bridgehead atoms. The van der Waals surface area contributed by atoms with E-state index in [1.54, 1.807) is 0 Å². The highest BCUT2D eigenvalue weighted by molar-refractivity contribution is 9.10. The quantitative estimate of drug-likeness (QED) is 0.893. The van der Waals surface area contributed by atoms with Gasteiger partial charge in [0.1, 0.15) is 5.82 Å². The summed E-state index contributed by atoms with van der Waals surface area (Å²) < 4.78 is 1.08. The fraction of sp³-hybridized carbons (Fsp3) is 0.308. The lowest BCUT2D eigenvalue weighted by Gasteiger charge is -2.03. The Balaban J connectivity index is 1.89. The normalized spacial score (nSPS) is 19.7. The summed E-state index contributed by atoms with van der Waals surface area (Å²) in [4.78, 5) is 7.89. The second kappa shape index (κ2) is 4.63. The van der Waals surface area contributed by atoms with Gasteiger partial charge in [0.2, 0.25) is 0 Å². The van der Waals surface area contributed by atoms with Gasteiger partial charge in [-0.2, -0.15) is 0 Å². The molecule has 0 radical (unpaired) electrons. The largest absolute Gasteiger partial charge is 0.342 e. The van der Waals surface area contributed by atoms with Gasteiger partial charge >= 0.3 is 0 Å². The van der Waals surface area contributed by atoms with Gasteiger partial charge in [-0.25, -0.2) is 4.98 Å². The van der Waals surface area contributed by atoms with Crippen molar-refractivity contribution in [2.24, 2.45) is 0 Å². The number of H-pyrrole nitrogens is 1. The number of nitrogens with one attached hydrogen (secondary N) is 2. The molecular weight excluding hydrogens is 278 g/mol. The number of rotatable bonds is 2. The van der Waals surface area contributed by atoms with Crippen LogP contribution in [0.4, 0.5) is 0 Å². The summed E-state index contributed by atoms with van der Waals surface area (Å²) in [5.41, 5.74) is 2.36. The fourth-order valence-corrected chi connectivity index (χ4v) is 2.64. The molecule has 0 amide bonds. The maximum Gasteiger partial charge on any atom is 0.137 e. The van der Waals surface area contributed by atoms with Crippen LogP contribution in [0, 0.1) is 0 Å². The molecule has 3 rings (SSSR count). The molecule has 2 N–H and O–H groups in total. The van der Waals surface area contributed by atoms with Crippen LogP contribution in [0.5, 0.6) is 0 Å². The molecule has 2 heterocycles. The second-order valence-electron chi connectivity index (χ2n) is 4.39. The Hall–Kier alpha value is -1.13. The Morgan fingerprint density at radius 3 is 3.06 bits per heavy atom. The van der Waals surface area contributed by atoms with Gasteiger partial charge in [-0.3, -0.25) is 0 Å². The summed E-state index contributed by atoms with van der Waals surface area (Å²) in [6.45, 7) is 2.16. The maximum absolute atomic E-state index is 4.47. The molecule has 2 aromatic rings. The Kier molecular flexibility index (Phi) is 2.99. The van der Waals surface area contributed by atoms with E-state index in [4.69, 9.17) is 0 Å². The molecule has 3 nitrogen and oxygen atoms in total.